The predicted molar refractivity (Wildman–Crippen MR) is 75.9 cm³/mol. The smallest absolute Gasteiger partial charge is 0.225 e. The van der Waals surface area contributed by atoms with Crippen LogP contribution in [0.4, 0.5) is 0 Å². The number of aliphatic hydroxyl groups excluding tert-OH is 1. The largest absolute Gasteiger partial charge is 0.396 e. The van der Waals surface area contributed by atoms with Gasteiger partial charge < -0.3 is 15.3 Å². The maximum atomic E-state index is 12.6. The number of likely N-dealkylation sites (tertiary alicyclic amines) is 1. The molecule has 2 N–H and O–H groups in total. The van der Waals surface area contributed by atoms with E-state index < -0.39 is 0 Å². The Labute approximate surface area is 116 Å². The molecule has 2 rings (SSSR count). The van der Waals surface area contributed by atoms with Crippen molar-refractivity contribution in [1.29, 1.82) is 0 Å². The molecule has 110 valence electrons. The molecular formula is C15H28N2O2. The van der Waals surface area contributed by atoms with Crippen LogP contribution in [0.15, 0.2) is 0 Å². The van der Waals surface area contributed by atoms with E-state index in [2.05, 4.69) is 24.2 Å². The van der Waals surface area contributed by atoms with Crippen molar-refractivity contribution in [3.05, 3.63) is 0 Å². The van der Waals surface area contributed by atoms with Crippen LogP contribution >= 0.6 is 0 Å². The van der Waals surface area contributed by atoms with Gasteiger partial charge in [-0.15, -0.1) is 0 Å². The molecule has 1 aliphatic heterocycles. The van der Waals surface area contributed by atoms with E-state index in [1.807, 2.05) is 0 Å². The second-order valence-corrected chi connectivity index (χ2v) is 6.30. The Kier molecular flexibility index (Phi) is 4.85. The summed E-state index contributed by atoms with van der Waals surface area (Å²) in [6, 6.07) is 0.382. The molecule has 1 saturated carbocycles. The fraction of sp³-hybridized carbons (Fsp3) is 0.933. The number of carbonyl (C=O) groups excluding carboxylic acids is 1. The van der Waals surface area contributed by atoms with Crippen molar-refractivity contribution in [2.24, 2.45) is 5.92 Å². The van der Waals surface area contributed by atoms with Crippen molar-refractivity contribution >= 4 is 5.91 Å². The van der Waals surface area contributed by atoms with Crippen LogP contribution in [0.3, 0.4) is 0 Å². The summed E-state index contributed by atoms with van der Waals surface area (Å²) in [7, 11) is 2.11. The standard InChI is InChI=1S/C15H28N2O2/c1-3-13-12(6-10-17(13)2)14(19)16-15(9-11-18)7-4-5-8-15/h12-13,18H,3-11H2,1-2H3,(H,16,19)/t12-,13+/m0/s1. The number of hydrogen-bond acceptors (Lipinski definition) is 3. The van der Waals surface area contributed by atoms with Crippen LogP contribution in [0.2, 0.25) is 0 Å². The molecular weight excluding hydrogens is 240 g/mol. The monoisotopic (exact) mass is 268 g/mol. The molecule has 0 bridgehead atoms. The number of carbonyl (C=O) groups is 1. The summed E-state index contributed by atoms with van der Waals surface area (Å²) in [5.74, 6) is 0.345. The molecule has 19 heavy (non-hydrogen) atoms. The maximum absolute atomic E-state index is 12.6. The molecule has 4 nitrogen and oxygen atoms in total. The molecule has 0 radical (unpaired) electrons. The van der Waals surface area contributed by atoms with Crippen molar-refractivity contribution in [2.45, 2.75) is 63.5 Å². The van der Waals surface area contributed by atoms with Crippen LogP contribution in [0.25, 0.3) is 0 Å². The van der Waals surface area contributed by atoms with E-state index in [1.54, 1.807) is 0 Å². The number of nitrogens with one attached hydrogen (secondary N) is 1. The first-order valence-electron chi connectivity index (χ1n) is 7.75. The quantitative estimate of drug-likeness (QED) is 0.795. The zero-order valence-corrected chi connectivity index (χ0v) is 12.3. The third-order valence-electron chi connectivity index (χ3n) is 5.12. The molecule has 1 heterocycles. The van der Waals surface area contributed by atoms with Crippen molar-refractivity contribution in [1.82, 2.24) is 10.2 Å². The van der Waals surface area contributed by atoms with Gasteiger partial charge in [-0.3, -0.25) is 4.79 Å². The summed E-state index contributed by atoms with van der Waals surface area (Å²) >= 11 is 0. The molecule has 1 amide bonds. The molecule has 0 aromatic rings. The van der Waals surface area contributed by atoms with Gasteiger partial charge in [-0.2, -0.15) is 0 Å². The van der Waals surface area contributed by atoms with Gasteiger partial charge in [0.25, 0.3) is 0 Å². The van der Waals surface area contributed by atoms with Crippen LogP contribution in [0, 0.1) is 5.92 Å². The van der Waals surface area contributed by atoms with Crippen molar-refractivity contribution < 1.29 is 9.90 Å². The van der Waals surface area contributed by atoms with Crippen LogP contribution < -0.4 is 5.32 Å². The molecule has 1 aliphatic carbocycles. The predicted octanol–water partition coefficient (Wildman–Crippen LogP) is 1.53. The van der Waals surface area contributed by atoms with Gasteiger partial charge in [0.15, 0.2) is 0 Å². The highest BCUT2D eigenvalue weighted by Gasteiger charge is 2.40. The summed E-state index contributed by atoms with van der Waals surface area (Å²) < 4.78 is 0. The average Bonchev–Trinajstić information content (AvgIpc) is 2.96. The molecule has 0 aromatic carbocycles. The summed E-state index contributed by atoms with van der Waals surface area (Å²) in [4.78, 5) is 14.9. The van der Waals surface area contributed by atoms with E-state index in [4.69, 9.17) is 0 Å². The lowest BCUT2D eigenvalue weighted by Gasteiger charge is -2.32. The van der Waals surface area contributed by atoms with Crippen LogP contribution in [0.5, 0.6) is 0 Å². The first-order valence-corrected chi connectivity index (χ1v) is 7.75. The second kappa shape index (κ2) is 6.23. The molecule has 2 fully saturated rings. The Morgan fingerprint density at radius 2 is 2.11 bits per heavy atom. The van der Waals surface area contributed by atoms with Crippen LogP contribution in [-0.4, -0.2) is 47.7 Å². The Balaban J connectivity index is 1.99. The zero-order chi connectivity index (χ0) is 13.9. The Morgan fingerprint density at radius 3 is 2.68 bits per heavy atom. The minimum Gasteiger partial charge on any atom is -0.396 e. The number of hydrogen-bond donors (Lipinski definition) is 2. The van der Waals surface area contributed by atoms with E-state index in [0.29, 0.717) is 12.5 Å². The summed E-state index contributed by atoms with van der Waals surface area (Å²) in [5.41, 5.74) is -0.120. The van der Waals surface area contributed by atoms with Gasteiger partial charge in [0.1, 0.15) is 0 Å². The van der Waals surface area contributed by atoms with E-state index in [1.165, 1.54) is 12.8 Å². The summed E-state index contributed by atoms with van der Waals surface area (Å²) in [6.07, 6.45) is 7.09. The molecule has 2 aliphatic rings. The highest BCUT2D eigenvalue weighted by atomic mass is 16.3. The highest BCUT2D eigenvalue weighted by Crippen LogP contribution is 2.34. The maximum Gasteiger partial charge on any atom is 0.225 e. The third kappa shape index (κ3) is 3.11. The molecule has 0 spiro atoms. The van der Waals surface area contributed by atoms with Gasteiger partial charge in [0.05, 0.1) is 5.92 Å². The van der Waals surface area contributed by atoms with E-state index in [9.17, 15) is 9.90 Å². The SMILES string of the molecule is CC[C@@H]1[C@@H](C(=O)NC2(CCO)CCCC2)CCN1C. The number of nitrogens with zero attached hydrogens (tertiary/aromatic N) is 1. The van der Waals surface area contributed by atoms with E-state index in [-0.39, 0.29) is 24.0 Å². The highest BCUT2D eigenvalue weighted by molar-refractivity contribution is 5.80. The lowest BCUT2D eigenvalue weighted by molar-refractivity contribution is -0.127. The van der Waals surface area contributed by atoms with E-state index in [0.717, 1.165) is 32.2 Å². The molecule has 0 aromatic heterocycles. The first kappa shape index (κ1) is 14.8. The average molecular weight is 268 g/mol. The van der Waals surface area contributed by atoms with Crippen LogP contribution in [-0.2, 0) is 4.79 Å². The van der Waals surface area contributed by atoms with Crippen molar-refractivity contribution in [3.8, 4) is 0 Å². The van der Waals surface area contributed by atoms with Crippen molar-refractivity contribution in [3.63, 3.8) is 0 Å². The van der Waals surface area contributed by atoms with Gasteiger partial charge in [-0.25, -0.2) is 0 Å². The minimum absolute atomic E-state index is 0.120. The molecule has 4 heteroatoms. The fourth-order valence-corrected chi connectivity index (χ4v) is 3.97. The Morgan fingerprint density at radius 1 is 1.42 bits per heavy atom. The molecule has 1 saturated heterocycles. The second-order valence-electron chi connectivity index (χ2n) is 6.30. The van der Waals surface area contributed by atoms with Gasteiger partial charge in [0.2, 0.25) is 5.91 Å². The zero-order valence-electron chi connectivity index (χ0n) is 12.3. The number of rotatable bonds is 5. The fourth-order valence-electron chi connectivity index (χ4n) is 3.97. The third-order valence-corrected chi connectivity index (χ3v) is 5.12. The van der Waals surface area contributed by atoms with Gasteiger partial charge in [-0.1, -0.05) is 19.8 Å². The van der Waals surface area contributed by atoms with Crippen LogP contribution in [0.1, 0.15) is 51.9 Å². The van der Waals surface area contributed by atoms with E-state index >= 15 is 0 Å². The minimum atomic E-state index is -0.120. The summed E-state index contributed by atoms with van der Waals surface area (Å²) in [6.45, 7) is 3.34. The Hall–Kier alpha value is -0.610. The number of amides is 1. The molecule has 0 unspecified atom stereocenters. The number of aliphatic hydroxyl groups is 1. The lowest BCUT2D eigenvalue weighted by Crippen LogP contribution is -2.51. The molecule has 2 atom stereocenters. The topological polar surface area (TPSA) is 52.6 Å². The van der Waals surface area contributed by atoms with Crippen molar-refractivity contribution in [2.75, 3.05) is 20.2 Å². The lowest BCUT2D eigenvalue weighted by atomic mass is 9.90. The Bertz CT molecular complexity index is 313. The first-order chi connectivity index (χ1) is 9.12. The summed E-state index contributed by atoms with van der Waals surface area (Å²) in [5, 5.41) is 12.5. The van der Waals surface area contributed by atoms with Gasteiger partial charge in [0, 0.05) is 18.2 Å². The van der Waals surface area contributed by atoms with Gasteiger partial charge in [-0.05, 0) is 45.7 Å². The van der Waals surface area contributed by atoms with Gasteiger partial charge >= 0.3 is 0 Å². The normalized spacial score (nSPS) is 30.7.